The fourth-order valence-electron chi connectivity index (χ4n) is 6.13. The number of nitrogens with one attached hydrogen (secondary N) is 1. The lowest BCUT2D eigenvalue weighted by Gasteiger charge is -2.41. The van der Waals surface area contributed by atoms with E-state index in [1.807, 2.05) is 0 Å². The van der Waals surface area contributed by atoms with Crippen molar-refractivity contribution in [2.24, 2.45) is 17.8 Å². The molecule has 1 N–H and O–H groups in total. The second-order valence-electron chi connectivity index (χ2n) is 9.22. The van der Waals surface area contributed by atoms with Crippen LogP contribution in [-0.4, -0.2) is 45.2 Å². The third kappa shape index (κ3) is 3.41. The molecule has 2 aliphatic heterocycles. The van der Waals surface area contributed by atoms with Gasteiger partial charge >= 0.3 is 0 Å². The summed E-state index contributed by atoms with van der Waals surface area (Å²) < 4.78 is 2.31. The molecule has 1 aromatic rings. The Labute approximate surface area is 162 Å². The zero-order valence-corrected chi connectivity index (χ0v) is 16.4. The lowest BCUT2D eigenvalue weighted by atomic mass is 9.67. The van der Waals surface area contributed by atoms with Gasteiger partial charge in [0.2, 0.25) is 5.91 Å². The van der Waals surface area contributed by atoms with Crippen LogP contribution in [0.1, 0.15) is 75.4 Å². The number of hydrogen-bond donors (Lipinski definition) is 1. The van der Waals surface area contributed by atoms with Crippen molar-refractivity contribution in [3.63, 3.8) is 0 Å². The number of nitrogens with zero attached hydrogens (tertiary/aromatic N) is 4. The lowest BCUT2D eigenvalue weighted by molar-refractivity contribution is -0.139. The minimum absolute atomic E-state index is 0.299. The van der Waals surface area contributed by atoms with Crippen molar-refractivity contribution in [1.29, 1.82) is 0 Å². The third-order valence-corrected chi connectivity index (χ3v) is 7.71. The number of likely N-dealkylation sites (tertiary alicyclic amines) is 1. The fourth-order valence-corrected chi connectivity index (χ4v) is 6.13. The number of carbonyl (C=O) groups is 1. The molecule has 27 heavy (non-hydrogen) atoms. The van der Waals surface area contributed by atoms with Crippen molar-refractivity contribution in [2.75, 3.05) is 19.6 Å². The first-order chi connectivity index (χ1) is 13.3. The van der Waals surface area contributed by atoms with Crippen LogP contribution in [0.2, 0.25) is 0 Å². The van der Waals surface area contributed by atoms with Crippen molar-refractivity contribution < 1.29 is 4.79 Å². The van der Waals surface area contributed by atoms with E-state index in [0.29, 0.717) is 17.7 Å². The number of rotatable bonds is 2. The van der Waals surface area contributed by atoms with E-state index in [1.54, 1.807) is 0 Å². The SMILES string of the molecule is O=C(C1CCC2CCCCC2C1)N1CCC(c2nnc3n2CCNC3)CC1. The first-order valence-corrected chi connectivity index (χ1v) is 11.2. The smallest absolute Gasteiger partial charge is 0.225 e. The molecule has 3 atom stereocenters. The van der Waals surface area contributed by atoms with Crippen molar-refractivity contribution in [2.45, 2.75) is 76.8 Å². The second kappa shape index (κ2) is 7.53. The summed E-state index contributed by atoms with van der Waals surface area (Å²) in [5.41, 5.74) is 0. The predicted molar refractivity (Wildman–Crippen MR) is 103 cm³/mol. The van der Waals surface area contributed by atoms with Gasteiger partial charge in [-0.15, -0.1) is 10.2 Å². The minimum Gasteiger partial charge on any atom is -0.342 e. The summed E-state index contributed by atoms with van der Waals surface area (Å²) in [5.74, 6) is 5.18. The van der Waals surface area contributed by atoms with Crippen LogP contribution in [0.4, 0.5) is 0 Å². The Morgan fingerprint density at radius 2 is 1.74 bits per heavy atom. The molecular formula is C21H33N5O. The monoisotopic (exact) mass is 371 g/mol. The third-order valence-electron chi connectivity index (χ3n) is 7.71. The largest absolute Gasteiger partial charge is 0.342 e. The van der Waals surface area contributed by atoms with E-state index in [2.05, 4.69) is 25.0 Å². The average Bonchev–Trinajstić information content (AvgIpc) is 3.17. The molecule has 3 fully saturated rings. The number of amides is 1. The highest BCUT2D eigenvalue weighted by molar-refractivity contribution is 5.79. The van der Waals surface area contributed by atoms with Gasteiger partial charge in [-0.05, 0) is 43.9 Å². The standard InChI is InChI=1S/C21H33N5O/c27-21(18-6-5-15-3-1-2-4-17(15)13-18)25-10-7-16(8-11-25)20-24-23-19-14-22-9-12-26(19)20/h15-18,22H,1-14H2. The molecule has 0 spiro atoms. The van der Waals surface area contributed by atoms with Gasteiger partial charge in [-0.1, -0.05) is 25.7 Å². The molecule has 5 rings (SSSR count). The van der Waals surface area contributed by atoms with Crippen molar-refractivity contribution in [1.82, 2.24) is 25.0 Å². The Morgan fingerprint density at radius 3 is 2.59 bits per heavy atom. The van der Waals surface area contributed by atoms with Gasteiger partial charge in [0.15, 0.2) is 0 Å². The molecule has 6 heteroatoms. The molecule has 1 amide bonds. The molecule has 4 aliphatic rings. The number of fused-ring (bicyclic) bond motifs is 2. The summed E-state index contributed by atoms with van der Waals surface area (Å²) in [6.45, 7) is 4.60. The molecule has 6 nitrogen and oxygen atoms in total. The predicted octanol–water partition coefficient (Wildman–Crippen LogP) is 2.69. The maximum absolute atomic E-state index is 13.1. The van der Waals surface area contributed by atoms with Crippen LogP contribution in [0, 0.1) is 17.8 Å². The quantitative estimate of drug-likeness (QED) is 0.868. The van der Waals surface area contributed by atoms with Gasteiger partial charge in [-0.2, -0.15) is 0 Å². The molecule has 1 saturated heterocycles. The molecular weight excluding hydrogens is 338 g/mol. The van der Waals surface area contributed by atoms with E-state index in [9.17, 15) is 4.79 Å². The zero-order valence-electron chi connectivity index (χ0n) is 16.4. The van der Waals surface area contributed by atoms with Crippen molar-refractivity contribution >= 4 is 5.91 Å². The molecule has 1 aromatic heterocycles. The second-order valence-corrected chi connectivity index (χ2v) is 9.22. The normalized spacial score (nSPS) is 32.0. The Balaban J connectivity index is 1.18. The Hall–Kier alpha value is -1.43. The van der Waals surface area contributed by atoms with Gasteiger partial charge in [-0.3, -0.25) is 4.79 Å². The molecule has 0 bridgehead atoms. The van der Waals surface area contributed by atoms with Crippen molar-refractivity contribution in [3.05, 3.63) is 11.6 Å². The maximum Gasteiger partial charge on any atom is 0.225 e. The molecule has 3 heterocycles. The van der Waals surface area contributed by atoms with Gasteiger partial charge in [-0.25, -0.2) is 0 Å². The van der Waals surface area contributed by atoms with Gasteiger partial charge in [0, 0.05) is 38.0 Å². The highest BCUT2D eigenvalue weighted by atomic mass is 16.2. The maximum atomic E-state index is 13.1. The Bertz CT molecular complexity index is 678. The minimum atomic E-state index is 0.299. The van der Waals surface area contributed by atoms with Crippen LogP contribution < -0.4 is 5.32 Å². The van der Waals surface area contributed by atoms with Gasteiger partial charge in [0.25, 0.3) is 0 Å². The fraction of sp³-hybridized carbons (Fsp3) is 0.857. The first-order valence-electron chi connectivity index (χ1n) is 11.2. The molecule has 148 valence electrons. The zero-order chi connectivity index (χ0) is 18.2. The van der Waals surface area contributed by atoms with E-state index in [1.165, 1.54) is 32.1 Å². The summed E-state index contributed by atoms with van der Waals surface area (Å²) in [4.78, 5) is 15.3. The van der Waals surface area contributed by atoms with Gasteiger partial charge < -0.3 is 14.8 Å². The van der Waals surface area contributed by atoms with Crippen molar-refractivity contribution in [3.8, 4) is 0 Å². The lowest BCUT2D eigenvalue weighted by Crippen LogP contribution is -2.44. The van der Waals surface area contributed by atoms with Crippen LogP contribution in [0.25, 0.3) is 0 Å². The number of piperidine rings is 1. The Kier molecular flexibility index (Phi) is 4.92. The average molecular weight is 372 g/mol. The number of carbonyl (C=O) groups excluding carboxylic acids is 1. The highest BCUT2D eigenvalue weighted by Crippen LogP contribution is 2.43. The first kappa shape index (κ1) is 17.7. The summed E-state index contributed by atoms with van der Waals surface area (Å²) in [6, 6.07) is 0. The van der Waals surface area contributed by atoms with E-state index < -0.39 is 0 Å². The van der Waals surface area contributed by atoms with Crippen LogP contribution in [0.15, 0.2) is 0 Å². The van der Waals surface area contributed by atoms with Crippen LogP contribution in [0.5, 0.6) is 0 Å². The molecule has 0 aromatic carbocycles. The molecule has 2 aliphatic carbocycles. The summed E-state index contributed by atoms with van der Waals surface area (Å²) in [7, 11) is 0. The van der Waals surface area contributed by atoms with Crippen LogP contribution >= 0.6 is 0 Å². The van der Waals surface area contributed by atoms with E-state index in [-0.39, 0.29) is 0 Å². The van der Waals surface area contributed by atoms with E-state index in [4.69, 9.17) is 0 Å². The van der Waals surface area contributed by atoms with Gasteiger partial charge in [0.05, 0.1) is 6.54 Å². The number of hydrogen-bond acceptors (Lipinski definition) is 4. The summed E-state index contributed by atoms with van der Waals surface area (Å²) in [5, 5.41) is 12.2. The topological polar surface area (TPSA) is 63.1 Å². The van der Waals surface area contributed by atoms with E-state index >= 15 is 0 Å². The molecule has 0 radical (unpaired) electrons. The van der Waals surface area contributed by atoms with Crippen LogP contribution in [0.3, 0.4) is 0 Å². The summed E-state index contributed by atoms with van der Waals surface area (Å²) in [6.07, 6.45) is 11.2. The van der Waals surface area contributed by atoms with Gasteiger partial charge in [0.1, 0.15) is 11.6 Å². The summed E-state index contributed by atoms with van der Waals surface area (Å²) >= 11 is 0. The van der Waals surface area contributed by atoms with E-state index in [0.717, 1.165) is 81.9 Å². The van der Waals surface area contributed by atoms with Crippen LogP contribution in [-0.2, 0) is 17.9 Å². The molecule has 2 saturated carbocycles. The molecule has 3 unspecified atom stereocenters. The Morgan fingerprint density at radius 1 is 0.926 bits per heavy atom. The highest BCUT2D eigenvalue weighted by Gasteiger charge is 2.37. The number of aromatic nitrogens is 3.